The van der Waals surface area contributed by atoms with E-state index < -0.39 is 0 Å². The van der Waals surface area contributed by atoms with Crippen molar-refractivity contribution in [3.63, 3.8) is 0 Å². The fourth-order valence-electron chi connectivity index (χ4n) is 1.98. The largest absolute Gasteiger partial charge is 0.336 e. The van der Waals surface area contributed by atoms with Crippen molar-refractivity contribution in [1.82, 2.24) is 14.9 Å². The van der Waals surface area contributed by atoms with Gasteiger partial charge in [-0.2, -0.15) is 0 Å². The molecule has 1 atom stereocenters. The number of aromatic nitrogens is 2. The van der Waals surface area contributed by atoms with Gasteiger partial charge < -0.3 is 9.88 Å². The highest BCUT2D eigenvalue weighted by atomic mass is 19.1. The number of nitrogens with zero attached hydrogens (tertiary/aromatic N) is 2. The quantitative estimate of drug-likeness (QED) is 0.850. The van der Waals surface area contributed by atoms with Gasteiger partial charge in [-0.1, -0.05) is 19.1 Å². The zero-order valence-corrected chi connectivity index (χ0v) is 10.5. The summed E-state index contributed by atoms with van der Waals surface area (Å²) in [4.78, 5) is 4.00. The Morgan fingerprint density at radius 3 is 2.72 bits per heavy atom. The maximum atomic E-state index is 12.9. The second kappa shape index (κ2) is 6.31. The molecule has 1 aromatic heterocycles. The Balaban J connectivity index is 1.87. The fraction of sp³-hybridized carbons (Fsp3) is 0.357. The Hall–Kier alpha value is -1.68. The van der Waals surface area contributed by atoms with Crippen molar-refractivity contribution in [2.75, 3.05) is 6.54 Å². The van der Waals surface area contributed by atoms with Gasteiger partial charge in [-0.3, -0.25) is 0 Å². The Morgan fingerprint density at radius 2 is 2.11 bits per heavy atom. The molecule has 2 rings (SSSR count). The maximum Gasteiger partial charge on any atom is 0.123 e. The minimum Gasteiger partial charge on any atom is -0.336 e. The standard InChI is InChI=1S/C14H18FN3/c1-2-14(12-3-5-13(15)6-4-12)17-8-10-18-9-7-16-11-18/h3-7,9,11,14,17H,2,8,10H2,1H3. The lowest BCUT2D eigenvalue weighted by atomic mass is 10.0. The molecule has 0 fully saturated rings. The van der Waals surface area contributed by atoms with Gasteiger partial charge in [0, 0.05) is 31.5 Å². The average molecular weight is 247 g/mol. The first kappa shape index (κ1) is 12.8. The number of hydrogen-bond acceptors (Lipinski definition) is 2. The van der Waals surface area contributed by atoms with Gasteiger partial charge in [-0.25, -0.2) is 9.37 Å². The third-order valence-corrected chi connectivity index (χ3v) is 3.00. The SMILES string of the molecule is CCC(NCCn1ccnc1)c1ccc(F)cc1. The van der Waals surface area contributed by atoms with E-state index in [0.29, 0.717) is 0 Å². The molecular formula is C14H18FN3. The molecule has 1 unspecified atom stereocenters. The van der Waals surface area contributed by atoms with Gasteiger partial charge in [0.15, 0.2) is 0 Å². The predicted octanol–water partition coefficient (Wildman–Crippen LogP) is 2.76. The highest BCUT2D eigenvalue weighted by Gasteiger charge is 2.07. The second-order valence-corrected chi connectivity index (χ2v) is 4.27. The third kappa shape index (κ3) is 3.40. The zero-order chi connectivity index (χ0) is 12.8. The maximum absolute atomic E-state index is 12.9. The van der Waals surface area contributed by atoms with Gasteiger partial charge >= 0.3 is 0 Å². The number of nitrogens with one attached hydrogen (secondary N) is 1. The molecule has 0 saturated carbocycles. The molecule has 0 aliphatic heterocycles. The van der Waals surface area contributed by atoms with Gasteiger partial charge in [0.2, 0.25) is 0 Å². The molecular weight excluding hydrogens is 229 g/mol. The lowest BCUT2D eigenvalue weighted by Gasteiger charge is -2.17. The van der Waals surface area contributed by atoms with Crippen LogP contribution < -0.4 is 5.32 Å². The van der Waals surface area contributed by atoms with Crippen molar-refractivity contribution < 1.29 is 4.39 Å². The summed E-state index contributed by atoms with van der Waals surface area (Å²) in [5.41, 5.74) is 1.13. The first-order valence-corrected chi connectivity index (χ1v) is 6.24. The summed E-state index contributed by atoms with van der Waals surface area (Å²) < 4.78 is 14.9. The summed E-state index contributed by atoms with van der Waals surface area (Å²) in [6.45, 7) is 3.88. The monoisotopic (exact) mass is 247 g/mol. The predicted molar refractivity (Wildman–Crippen MR) is 69.7 cm³/mol. The molecule has 1 heterocycles. The van der Waals surface area contributed by atoms with Crippen LogP contribution in [0.15, 0.2) is 43.0 Å². The molecule has 96 valence electrons. The molecule has 0 bridgehead atoms. The van der Waals surface area contributed by atoms with E-state index >= 15 is 0 Å². The molecule has 0 amide bonds. The molecule has 0 radical (unpaired) electrons. The van der Waals surface area contributed by atoms with Crippen LogP contribution in [0.1, 0.15) is 24.9 Å². The molecule has 0 spiro atoms. The molecule has 2 aromatic rings. The number of hydrogen-bond donors (Lipinski definition) is 1. The van der Waals surface area contributed by atoms with E-state index in [1.54, 1.807) is 12.5 Å². The minimum absolute atomic E-state index is 0.188. The van der Waals surface area contributed by atoms with Crippen LogP contribution in [0, 0.1) is 5.82 Å². The van der Waals surface area contributed by atoms with Crippen molar-refractivity contribution in [1.29, 1.82) is 0 Å². The van der Waals surface area contributed by atoms with Crippen LogP contribution >= 0.6 is 0 Å². The van der Waals surface area contributed by atoms with E-state index in [2.05, 4.69) is 17.2 Å². The van der Waals surface area contributed by atoms with Crippen LogP contribution in [-0.4, -0.2) is 16.1 Å². The topological polar surface area (TPSA) is 29.9 Å². The molecule has 4 heteroatoms. The van der Waals surface area contributed by atoms with Crippen LogP contribution in [-0.2, 0) is 6.54 Å². The molecule has 0 aliphatic rings. The number of benzene rings is 1. The lowest BCUT2D eigenvalue weighted by molar-refractivity contribution is 0.491. The van der Waals surface area contributed by atoms with Crippen molar-refractivity contribution in [2.24, 2.45) is 0 Å². The average Bonchev–Trinajstić information content (AvgIpc) is 2.89. The molecule has 0 aliphatic carbocycles. The molecule has 3 nitrogen and oxygen atoms in total. The van der Waals surface area contributed by atoms with Crippen LogP contribution in [0.2, 0.25) is 0 Å². The Kier molecular flexibility index (Phi) is 4.47. The summed E-state index contributed by atoms with van der Waals surface area (Å²) >= 11 is 0. The number of rotatable bonds is 6. The highest BCUT2D eigenvalue weighted by molar-refractivity contribution is 5.19. The van der Waals surface area contributed by atoms with Crippen molar-refractivity contribution in [3.8, 4) is 0 Å². The summed E-state index contributed by atoms with van der Waals surface area (Å²) in [5.74, 6) is -0.188. The first-order valence-electron chi connectivity index (χ1n) is 6.24. The van der Waals surface area contributed by atoms with Gasteiger partial charge in [-0.05, 0) is 24.1 Å². The lowest BCUT2D eigenvalue weighted by Crippen LogP contribution is -2.24. The van der Waals surface area contributed by atoms with Crippen LogP contribution in [0.3, 0.4) is 0 Å². The third-order valence-electron chi connectivity index (χ3n) is 3.00. The Labute approximate surface area is 107 Å². The summed E-state index contributed by atoms with van der Waals surface area (Å²) in [7, 11) is 0. The van der Waals surface area contributed by atoms with Gasteiger partial charge in [0.05, 0.1) is 6.33 Å². The molecule has 1 N–H and O–H groups in total. The second-order valence-electron chi connectivity index (χ2n) is 4.27. The zero-order valence-electron chi connectivity index (χ0n) is 10.5. The van der Waals surface area contributed by atoms with Gasteiger partial charge in [0.1, 0.15) is 5.82 Å². The smallest absolute Gasteiger partial charge is 0.123 e. The molecule has 18 heavy (non-hydrogen) atoms. The Bertz CT molecular complexity index is 450. The van der Waals surface area contributed by atoms with Crippen molar-refractivity contribution >= 4 is 0 Å². The summed E-state index contributed by atoms with van der Waals surface area (Å²) in [5, 5.41) is 3.47. The fourth-order valence-corrected chi connectivity index (χ4v) is 1.98. The van der Waals surface area contributed by atoms with E-state index in [1.165, 1.54) is 12.1 Å². The van der Waals surface area contributed by atoms with E-state index in [1.807, 2.05) is 22.9 Å². The van der Waals surface area contributed by atoms with Crippen molar-refractivity contribution in [3.05, 3.63) is 54.4 Å². The van der Waals surface area contributed by atoms with Crippen LogP contribution in [0.5, 0.6) is 0 Å². The van der Waals surface area contributed by atoms with Crippen LogP contribution in [0.4, 0.5) is 4.39 Å². The minimum atomic E-state index is -0.188. The van der Waals surface area contributed by atoms with E-state index in [-0.39, 0.29) is 11.9 Å². The van der Waals surface area contributed by atoms with Crippen molar-refractivity contribution in [2.45, 2.75) is 25.9 Å². The molecule has 1 aromatic carbocycles. The number of halogens is 1. The van der Waals surface area contributed by atoms with Gasteiger partial charge in [0.25, 0.3) is 0 Å². The Morgan fingerprint density at radius 1 is 1.33 bits per heavy atom. The summed E-state index contributed by atoms with van der Waals surface area (Å²) in [6, 6.07) is 6.97. The molecule has 0 saturated heterocycles. The number of imidazole rings is 1. The van der Waals surface area contributed by atoms with Crippen LogP contribution in [0.25, 0.3) is 0 Å². The highest BCUT2D eigenvalue weighted by Crippen LogP contribution is 2.16. The summed E-state index contributed by atoms with van der Waals surface area (Å²) in [6.07, 6.45) is 6.51. The normalized spacial score (nSPS) is 12.6. The first-order chi connectivity index (χ1) is 8.79. The van der Waals surface area contributed by atoms with E-state index in [0.717, 1.165) is 25.1 Å². The van der Waals surface area contributed by atoms with E-state index in [4.69, 9.17) is 0 Å². The van der Waals surface area contributed by atoms with Gasteiger partial charge in [-0.15, -0.1) is 0 Å². The van der Waals surface area contributed by atoms with E-state index in [9.17, 15) is 4.39 Å².